The molecule has 8 heteroatoms. The first-order chi connectivity index (χ1) is 8.48. The summed E-state index contributed by atoms with van der Waals surface area (Å²) in [5.41, 5.74) is -0.0906. The lowest BCUT2D eigenvalue weighted by Crippen LogP contribution is -2.29. The molecule has 2 rings (SSSR count). The van der Waals surface area contributed by atoms with Crippen LogP contribution in [0.2, 0.25) is 0 Å². The zero-order chi connectivity index (χ0) is 13.2. The van der Waals surface area contributed by atoms with Crippen molar-refractivity contribution < 1.29 is 18.3 Å². The van der Waals surface area contributed by atoms with E-state index >= 15 is 0 Å². The van der Waals surface area contributed by atoms with Crippen LogP contribution < -0.4 is 4.90 Å². The second-order valence-electron chi connectivity index (χ2n) is 4.04. The van der Waals surface area contributed by atoms with Crippen LogP contribution in [0.5, 0.6) is 0 Å². The highest BCUT2D eigenvalue weighted by Crippen LogP contribution is 2.12. The number of sulfone groups is 1. The smallest absolute Gasteiger partial charge is 0.354 e. The molecule has 1 aliphatic heterocycles. The number of rotatable bonds is 2. The summed E-state index contributed by atoms with van der Waals surface area (Å²) < 4.78 is 22.9. The summed E-state index contributed by atoms with van der Waals surface area (Å²) in [6, 6.07) is 1.31. The first-order valence-corrected chi connectivity index (χ1v) is 7.32. The minimum absolute atomic E-state index is 0.0493. The fourth-order valence-corrected chi connectivity index (χ4v) is 3.03. The second kappa shape index (κ2) is 4.89. The molecule has 18 heavy (non-hydrogen) atoms. The molecule has 2 heterocycles. The molecule has 98 valence electrons. The zero-order valence-corrected chi connectivity index (χ0v) is 10.4. The van der Waals surface area contributed by atoms with Gasteiger partial charge in [0.05, 0.1) is 11.5 Å². The lowest BCUT2D eigenvalue weighted by atomic mass is 10.4. The van der Waals surface area contributed by atoms with Gasteiger partial charge in [-0.05, 0) is 12.5 Å². The number of carboxylic acids is 1. The van der Waals surface area contributed by atoms with E-state index in [1.54, 1.807) is 4.90 Å². The van der Waals surface area contributed by atoms with Gasteiger partial charge in [-0.2, -0.15) is 0 Å². The highest BCUT2D eigenvalue weighted by Gasteiger charge is 2.21. The van der Waals surface area contributed by atoms with Crippen molar-refractivity contribution in [2.45, 2.75) is 6.42 Å². The molecule has 0 aromatic carbocycles. The maximum absolute atomic E-state index is 11.5. The standard InChI is InChI=1S/C10H13N3O4S/c14-9(15)8-2-3-11-10(12-8)13-4-1-6-18(16,17)7-5-13/h2-3H,1,4-7H2,(H,14,15). The minimum atomic E-state index is -3.00. The van der Waals surface area contributed by atoms with Gasteiger partial charge in [0.25, 0.3) is 0 Å². The lowest BCUT2D eigenvalue weighted by molar-refractivity contribution is 0.0690. The average Bonchev–Trinajstić information content (AvgIpc) is 2.50. The van der Waals surface area contributed by atoms with Gasteiger partial charge in [0.15, 0.2) is 15.5 Å². The number of nitrogens with zero attached hydrogens (tertiary/aromatic N) is 3. The molecule has 0 amide bonds. The molecule has 0 unspecified atom stereocenters. The Kier molecular flexibility index (Phi) is 3.46. The third-order valence-corrected chi connectivity index (χ3v) is 4.42. The van der Waals surface area contributed by atoms with E-state index < -0.39 is 15.8 Å². The molecule has 0 saturated carbocycles. The molecule has 0 aliphatic carbocycles. The topological polar surface area (TPSA) is 100 Å². The van der Waals surface area contributed by atoms with Crippen LogP contribution in [-0.2, 0) is 9.84 Å². The van der Waals surface area contributed by atoms with Gasteiger partial charge < -0.3 is 10.0 Å². The molecule has 0 spiro atoms. The SMILES string of the molecule is O=C(O)c1ccnc(N2CCCS(=O)(=O)CC2)n1. The third kappa shape index (κ3) is 2.95. The second-order valence-corrected chi connectivity index (χ2v) is 6.34. The van der Waals surface area contributed by atoms with Gasteiger partial charge in [-0.3, -0.25) is 0 Å². The van der Waals surface area contributed by atoms with Crippen molar-refractivity contribution in [3.05, 3.63) is 18.0 Å². The van der Waals surface area contributed by atoms with Crippen molar-refractivity contribution in [3.8, 4) is 0 Å². The Balaban J connectivity index is 2.21. The first-order valence-electron chi connectivity index (χ1n) is 5.50. The van der Waals surface area contributed by atoms with Crippen LogP contribution in [0.25, 0.3) is 0 Å². The van der Waals surface area contributed by atoms with Gasteiger partial charge in [-0.1, -0.05) is 0 Å². The summed E-state index contributed by atoms with van der Waals surface area (Å²) in [6.45, 7) is 0.813. The molecule has 0 radical (unpaired) electrons. The van der Waals surface area contributed by atoms with E-state index in [-0.39, 0.29) is 23.1 Å². The number of aromatic carboxylic acids is 1. The van der Waals surface area contributed by atoms with Gasteiger partial charge in [-0.15, -0.1) is 0 Å². The normalized spacial score (nSPS) is 19.2. The molecule has 1 aromatic rings. The van der Waals surface area contributed by atoms with Gasteiger partial charge in [0.1, 0.15) is 0 Å². The largest absolute Gasteiger partial charge is 0.477 e. The van der Waals surface area contributed by atoms with Crippen molar-refractivity contribution in [2.75, 3.05) is 29.5 Å². The molecule has 7 nitrogen and oxygen atoms in total. The lowest BCUT2D eigenvalue weighted by Gasteiger charge is -2.19. The Bertz CT molecular complexity index is 558. The van der Waals surface area contributed by atoms with Crippen LogP contribution in [0.3, 0.4) is 0 Å². The Morgan fingerprint density at radius 2 is 2.11 bits per heavy atom. The Morgan fingerprint density at radius 1 is 1.33 bits per heavy atom. The van der Waals surface area contributed by atoms with E-state index in [1.165, 1.54) is 12.3 Å². The summed E-state index contributed by atoms with van der Waals surface area (Å²) in [7, 11) is -3.00. The Hall–Kier alpha value is -1.70. The van der Waals surface area contributed by atoms with Crippen LogP contribution in [0.4, 0.5) is 5.95 Å². The van der Waals surface area contributed by atoms with Gasteiger partial charge in [0, 0.05) is 19.3 Å². The van der Waals surface area contributed by atoms with Crippen LogP contribution in [0, 0.1) is 0 Å². The summed E-state index contributed by atoms with van der Waals surface area (Å²) in [5, 5.41) is 8.84. The number of hydrogen-bond acceptors (Lipinski definition) is 6. The van der Waals surface area contributed by atoms with Gasteiger partial charge in [-0.25, -0.2) is 23.2 Å². The van der Waals surface area contributed by atoms with Crippen LogP contribution in [0.15, 0.2) is 12.3 Å². The van der Waals surface area contributed by atoms with Crippen molar-refractivity contribution >= 4 is 21.8 Å². The summed E-state index contributed by atoms with van der Waals surface area (Å²) in [6.07, 6.45) is 1.87. The summed E-state index contributed by atoms with van der Waals surface area (Å²) in [4.78, 5) is 20.4. The van der Waals surface area contributed by atoms with Gasteiger partial charge >= 0.3 is 5.97 Å². The fourth-order valence-electron chi connectivity index (χ4n) is 1.76. The predicted octanol–water partition coefficient (Wildman–Crippen LogP) is -0.200. The minimum Gasteiger partial charge on any atom is -0.477 e. The van der Waals surface area contributed by atoms with E-state index in [9.17, 15) is 13.2 Å². The van der Waals surface area contributed by atoms with E-state index in [4.69, 9.17) is 5.11 Å². The molecule has 1 fully saturated rings. The van der Waals surface area contributed by atoms with Crippen molar-refractivity contribution in [3.63, 3.8) is 0 Å². The maximum atomic E-state index is 11.5. The number of anilines is 1. The third-order valence-electron chi connectivity index (χ3n) is 2.70. The molecule has 1 aromatic heterocycles. The number of aromatic nitrogens is 2. The van der Waals surface area contributed by atoms with E-state index in [1.807, 2.05) is 0 Å². The Labute approximate surface area is 104 Å². The van der Waals surface area contributed by atoms with Crippen molar-refractivity contribution in [1.82, 2.24) is 9.97 Å². The monoisotopic (exact) mass is 271 g/mol. The van der Waals surface area contributed by atoms with Crippen molar-refractivity contribution in [1.29, 1.82) is 0 Å². The molecule has 1 saturated heterocycles. The maximum Gasteiger partial charge on any atom is 0.354 e. The van der Waals surface area contributed by atoms with E-state index in [0.29, 0.717) is 19.5 Å². The van der Waals surface area contributed by atoms with Crippen LogP contribution >= 0.6 is 0 Å². The predicted molar refractivity (Wildman–Crippen MR) is 64.5 cm³/mol. The first kappa shape index (κ1) is 12.7. The number of carbonyl (C=O) groups is 1. The highest BCUT2D eigenvalue weighted by atomic mass is 32.2. The fraction of sp³-hybridized carbons (Fsp3) is 0.500. The zero-order valence-electron chi connectivity index (χ0n) is 9.61. The van der Waals surface area contributed by atoms with Crippen LogP contribution in [0.1, 0.15) is 16.9 Å². The summed E-state index contributed by atoms with van der Waals surface area (Å²) in [5.74, 6) is -0.649. The van der Waals surface area contributed by atoms with E-state index in [2.05, 4.69) is 9.97 Å². The molecule has 1 N–H and O–H groups in total. The average molecular weight is 271 g/mol. The summed E-state index contributed by atoms with van der Waals surface area (Å²) >= 11 is 0. The molecule has 1 aliphatic rings. The number of carboxylic acid groups (broad SMARTS) is 1. The van der Waals surface area contributed by atoms with Crippen LogP contribution in [-0.4, -0.2) is 54.1 Å². The van der Waals surface area contributed by atoms with E-state index in [0.717, 1.165) is 0 Å². The molecule has 0 bridgehead atoms. The molecular weight excluding hydrogens is 258 g/mol. The van der Waals surface area contributed by atoms with Crippen molar-refractivity contribution in [2.24, 2.45) is 0 Å². The number of hydrogen-bond donors (Lipinski definition) is 1. The molecule has 0 atom stereocenters. The Morgan fingerprint density at radius 3 is 2.83 bits per heavy atom. The quantitative estimate of drug-likeness (QED) is 0.794. The van der Waals surface area contributed by atoms with Gasteiger partial charge in [0.2, 0.25) is 5.95 Å². The highest BCUT2D eigenvalue weighted by molar-refractivity contribution is 7.91. The molecular formula is C10H13N3O4S.